The number of hydrogen-bond acceptors (Lipinski definition) is 4. The molecule has 0 saturated heterocycles. The summed E-state index contributed by atoms with van der Waals surface area (Å²) in [7, 11) is 0. The Hall–Kier alpha value is -2.56. The zero-order valence-corrected chi connectivity index (χ0v) is 10.2. The lowest BCUT2D eigenvalue weighted by molar-refractivity contribution is 0.0696. The van der Waals surface area contributed by atoms with Gasteiger partial charge in [-0.1, -0.05) is 18.2 Å². The lowest BCUT2D eigenvalue weighted by Crippen LogP contribution is -2.09. The van der Waals surface area contributed by atoms with E-state index in [9.17, 15) is 4.79 Å². The molecular formula is C14H13NO4. The summed E-state index contributed by atoms with van der Waals surface area (Å²) in [6, 6.07) is 10.8. The summed E-state index contributed by atoms with van der Waals surface area (Å²) in [5.41, 5.74) is 0.0986. The Morgan fingerprint density at radius 3 is 2.42 bits per heavy atom. The molecule has 0 aliphatic rings. The summed E-state index contributed by atoms with van der Waals surface area (Å²) >= 11 is 0. The van der Waals surface area contributed by atoms with Crippen molar-refractivity contribution in [1.82, 2.24) is 4.98 Å². The van der Waals surface area contributed by atoms with E-state index < -0.39 is 5.97 Å². The normalized spacial score (nSPS) is 9.89. The van der Waals surface area contributed by atoms with E-state index in [2.05, 4.69) is 4.98 Å². The minimum absolute atomic E-state index is 0.0986. The van der Waals surface area contributed by atoms with Crippen LogP contribution in [0.15, 0.2) is 48.8 Å². The van der Waals surface area contributed by atoms with Gasteiger partial charge in [0.15, 0.2) is 0 Å². The van der Waals surface area contributed by atoms with Crippen LogP contribution >= 0.6 is 0 Å². The molecule has 0 spiro atoms. The number of carbonyl (C=O) groups is 1. The fourth-order valence-electron chi connectivity index (χ4n) is 1.45. The van der Waals surface area contributed by atoms with Gasteiger partial charge in [-0.15, -0.1) is 0 Å². The first-order valence-electron chi connectivity index (χ1n) is 5.75. The van der Waals surface area contributed by atoms with Crippen LogP contribution in [0, 0.1) is 0 Å². The second-order valence-corrected chi connectivity index (χ2v) is 3.72. The number of aromatic carboxylic acids is 1. The zero-order chi connectivity index (χ0) is 13.5. The van der Waals surface area contributed by atoms with Gasteiger partial charge in [0.1, 0.15) is 24.7 Å². The van der Waals surface area contributed by atoms with Crippen molar-refractivity contribution in [2.75, 3.05) is 13.2 Å². The Morgan fingerprint density at radius 2 is 1.74 bits per heavy atom. The van der Waals surface area contributed by atoms with Crippen LogP contribution < -0.4 is 9.47 Å². The average molecular weight is 259 g/mol. The summed E-state index contributed by atoms with van der Waals surface area (Å²) in [5, 5.41) is 8.81. The molecule has 0 bridgehead atoms. The van der Waals surface area contributed by atoms with E-state index in [-0.39, 0.29) is 5.56 Å². The summed E-state index contributed by atoms with van der Waals surface area (Å²) in [6.07, 6.45) is 2.74. The number of carboxylic acids is 1. The van der Waals surface area contributed by atoms with Crippen molar-refractivity contribution >= 4 is 5.97 Å². The largest absolute Gasteiger partial charge is 0.490 e. The van der Waals surface area contributed by atoms with Crippen molar-refractivity contribution in [3.63, 3.8) is 0 Å². The highest BCUT2D eigenvalue weighted by molar-refractivity contribution is 5.87. The zero-order valence-electron chi connectivity index (χ0n) is 10.2. The van der Waals surface area contributed by atoms with E-state index in [1.165, 1.54) is 18.5 Å². The third kappa shape index (κ3) is 3.99. The molecule has 1 heterocycles. The standard InChI is InChI=1S/C14H13NO4/c16-14(17)11-8-13(10-15-9-11)19-7-6-18-12-4-2-1-3-5-12/h1-5,8-10H,6-7H2,(H,16,17). The molecule has 1 N–H and O–H groups in total. The van der Waals surface area contributed by atoms with Crippen LogP contribution in [0.4, 0.5) is 0 Å². The molecule has 0 unspecified atom stereocenters. The smallest absolute Gasteiger partial charge is 0.337 e. The fourth-order valence-corrected chi connectivity index (χ4v) is 1.45. The number of carboxylic acid groups (broad SMARTS) is 1. The summed E-state index contributed by atoms with van der Waals surface area (Å²) in [4.78, 5) is 14.5. The van der Waals surface area contributed by atoms with Gasteiger partial charge < -0.3 is 14.6 Å². The van der Waals surface area contributed by atoms with Gasteiger partial charge in [0.25, 0.3) is 0 Å². The lowest BCUT2D eigenvalue weighted by Gasteiger charge is -2.08. The van der Waals surface area contributed by atoms with E-state index in [0.717, 1.165) is 5.75 Å². The quantitative estimate of drug-likeness (QED) is 0.806. The van der Waals surface area contributed by atoms with E-state index in [1.807, 2.05) is 30.3 Å². The van der Waals surface area contributed by atoms with Gasteiger partial charge in [0.05, 0.1) is 11.8 Å². The monoisotopic (exact) mass is 259 g/mol. The van der Waals surface area contributed by atoms with Crippen molar-refractivity contribution in [2.45, 2.75) is 0 Å². The Labute approximate surface area is 110 Å². The molecule has 98 valence electrons. The number of aromatic nitrogens is 1. The summed E-state index contributed by atoms with van der Waals surface area (Å²) < 4.78 is 10.8. The minimum atomic E-state index is -1.03. The van der Waals surface area contributed by atoms with Gasteiger partial charge in [0, 0.05) is 6.20 Å². The van der Waals surface area contributed by atoms with Gasteiger partial charge in [-0.2, -0.15) is 0 Å². The first kappa shape index (κ1) is 12.9. The van der Waals surface area contributed by atoms with Gasteiger partial charge in [0.2, 0.25) is 0 Å². The Balaban J connectivity index is 1.80. The van der Waals surface area contributed by atoms with Gasteiger partial charge >= 0.3 is 5.97 Å². The molecule has 0 saturated carbocycles. The minimum Gasteiger partial charge on any atom is -0.490 e. The highest BCUT2D eigenvalue weighted by Crippen LogP contribution is 2.12. The van der Waals surface area contributed by atoms with Crippen LogP contribution in [0.2, 0.25) is 0 Å². The first-order valence-corrected chi connectivity index (χ1v) is 5.75. The maximum Gasteiger partial charge on any atom is 0.337 e. The molecule has 1 aromatic heterocycles. The Bertz CT molecular complexity index is 542. The molecule has 0 atom stereocenters. The van der Waals surface area contributed by atoms with E-state index in [1.54, 1.807) is 0 Å². The summed E-state index contributed by atoms with van der Waals surface area (Å²) in [5.74, 6) is 0.151. The van der Waals surface area contributed by atoms with Crippen molar-refractivity contribution in [3.05, 3.63) is 54.4 Å². The molecule has 1 aromatic carbocycles. The molecule has 5 nitrogen and oxygen atoms in total. The number of ether oxygens (including phenoxy) is 2. The highest BCUT2D eigenvalue weighted by Gasteiger charge is 2.04. The number of benzene rings is 1. The molecule has 2 rings (SSSR count). The third-order valence-corrected chi connectivity index (χ3v) is 2.32. The molecule has 0 aliphatic carbocycles. The second kappa shape index (κ2) is 6.39. The predicted octanol–water partition coefficient (Wildman–Crippen LogP) is 2.24. The summed E-state index contributed by atoms with van der Waals surface area (Å²) in [6.45, 7) is 0.695. The lowest BCUT2D eigenvalue weighted by atomic mass is 10.3. The number of para-hydroxylation sites is 1. The number of hydrogen-bond donors (Lipinski definition) is 1. The highest BCUT2D eigenvalue weighted by atomic mass is 16.5. The van der Waals surface area contributed by atoms with Crippen molar-refractivity contribution < 1.29 is 19.4 Å². The molecule has 0 fully saturated rings. The topological polar surface area (TPSA) is 68.7 Å². The van der Waals surface area contributed by atoms with Crippen LogP contribution in [0.25, 0.3) is 0 Å². The van der Waals surface area contributed by atoms with Crippen LogP contribution in [0.5, 0.6) is 11.5 Å². The molecule has 0 amide bonds. The molecule has 0 aliphatic heterocycles. The van der Waals surface area contributed by atoms with E-state index in [4.69, 9.17) is 14.6 Å². The Kier molecular flexibility index (Phi) is 4.34. The number of pyridine rings is 1. The SMILES string of the molecule is O=C(O)c1cncc(OCCOc2ccccc2)c1. The average Bonchev–Trinajstić information content (AvgIpc) is 2.45. The maximum absolute atomic E-state index is 10.7. The number of nitrogens with zero attached hydrogens (tertiary/aromatic N) is 1. The molecular weight excluding hydrogens is 246 g/mol. The van der Waals surface area contributed by atoms with Gasteiger partial charge in [-0.05, 0) is 18.2 Å². The molecule has 2 aromatic rings. The van der Waals surface area contributed by atoms with Crippen molar-refractivity contribution in [3.8, 4) is 11.5 Å². The number of rotatable bonds is 6. The molecule has 5 heteroatoms. The van der Waals surface area contributed by atoms with Crippen LogP contribution in [0.1, 0.15) is 10.4 Å². The third-order valence-electron chi connectivity index (χ3n) is 2.32. The van der Waals surface area contributed by atoms with Gasteiger partial charge in [-0.3, -0.25) is 4.98 Å². The molecule has 19 heavy (non-hydrogen) atoms. The Morgan fingerprint density at radius 1 is 1.05 bits per heavy atom. The van der Waals surface area contributed by atoms with E-state index >= 15 is 0 Å². The molecule has 0 radical (unpaired) electrons. The van der Waals surface area contributed by atoms with Crippen LogP contribution in [-0.4, -0.2) is 29.3 Å². The van der Waals surface area contributed by atoms with Crippen LogP contribution in [-0.2, 0) is 0 Å². The van der Waals surface area contributed by atoms with Crippen molar-refractivity contribution in [2.24, 2.45) is 0 Å². The first-order chi connectivity index (χ1) is 9.25. The maximum atomic E-state index is 10.7. The van der Waals surface area contributed by atoms with Crippen molar-refractivity contribution in [1.29, 1.82) is 0 Å². The second-order valence-electron chi connectivity index (χ2n) is 3.72. The van der Waals surface area contributed by atoms with E-state index in [0.29, 0.717) is 19.0 Å². The van der Waals surface area contributed by atoms with Crippen LogP contribution in [0.3, 0.4) is 0 Å². The predicted molar refractivity (Wildman–Crippen MR) is 68.6 cm³/mol. The fraction of sp³-hybridized carbons (Fsp3) is 0.143. The van der Waals surface area contributed by atoms with Gasteiger partial charge in [-0.25, -0.2) is 4.79 Å².